The van der Waals surface area contributed by atoms with Crippen LogP contribution in [0.15, 0.2) is 24.3 Å². The van der Waals surface area contributed by atoms with Crippen LogP contribution >= 0.6 is 0 Å². The van der Waals surface area contributed by atoms with E-state index < -0.39 is 9.84 Å². The Labute approximate surface area is 109 Å². The van der Waals surface area contributed by atoms with Crippen molar-refractivity contribution in [3.63, 3.8) is 0 Å². The quantitative estimate of drug-likeness (QED) is 0.871. The Morgan fingerprint density at radius 3 is 2.83 bits per heavy atom. The predicted molar refractivity (Wildman–Crippen MR) is 74.9 cm³/mol. The molecule has 1 unspecified atom stereocenters. The van der Waals surface area contributed by atoms with Crippen molar-refractivity contribution in [2.45, 2.75) is 5.92 Å². The fourth-order valence-electron chi connectivity index (χ4n) is 2.31. The van der Waals surface area contributed by atoms with Gasteiger partial charge in [0.05, 0.1) is 5.75 Å². The zero-order valence-corrected chi connectivity index (χ0v) is 11.7. The lowest BCUT2D eigenvalue weighted by Gasteiger charge is -2.20. The molecule has 0 saturated heterocycles. The van der Waals surface area contributed by atoms with E-state index in [2.05, 4.69) is 28.4 Å². The molecule has 1 aliphatic rings. The van der Waals surface area contributed by atoms with Gasteiger partial charge >= 0.3 is 0 Å². The van der Waals surface area contributed by atoms with E-state index in [0.29, 0.717) is 12.5 Å². The number of hydrogen-bond acceptors (Lipinski definition) is 4. The highest BCUT2D eigenvalue weighted by atomic mass is 32.2. The summed E-state index contributed by atoms with van der Waals surface area (Å²) in [6.45, 7) is 2.42. The molecule has 1 aliphatic heterocycles. The highest BCUT2D eigenvalue weighted by Crippen LogP contribution is 2.31. The second-order valence-corrected chi connectivity index (χ2v) is 7.32. The molecule has 0 bridgehead atoms. The Hall–Kier alpha value is -1.07. The summed E-state index contributed by atoms with van der Waals surface area (Å²) >= 11 is 0. The van der Waals surface area contributed by atoms with Crippen LogP contribution in [0.25, 0.3) is 0 Å². The van der Waals surface area contributed by atoms with Crippen molar-refractivity contribution in [3.05, 3.63) is 29.8 Å². The van der Waals surface area contributed by atoms with Crippen LogP contribution in [-0.4, -0.2) is 52.0 Å². The Kier molecular flexibility index (Phi) is 3.92. The van der Waals surface area contributed by atoms with Gasteiger partial charge in [-0.15, -0.1) is 0 Å². The van der Waals surface area contributed by atoms with Gasteiger partial charge in [0.25, 0.3) is 0 Å². The maximum Gasteiger partial charge on any atom is 0.148 e. The van der Waals surface area contributed by atoms with Crippen LogP contribution in [0.1, 0.15) is 11.5 Å². The number of rotatable bonds is 5. The minimum atomic E-state index is -2.87. The molecule has 18 heavy (non-hydrogen) atoms. The molecule has 100 valence electrons. The van der Waals surface area contributed by atoms with Crippen LogP contribution in [0.4, 0.5) is 5.69 Å². The van der Waals surface area contributed by atoms with E-state index in [-0.39, 0.29) is 5.75 Å². The number of nitrogens with one attached hydrogen (secondary N) is 1. The number of benzene rings is 1. The van der Waals surface area contributed by atoms with Crippen molar-refractivity contribution in [2.24, 2.45) is 0 Å². The number of para-hydroxylation sites is 1. The minimum absolute atomic E-state index is 0.227. The van der Waals surface area contributed by atoms with E-state index in [1.165, 1.54) is 17.5 Å². The Morgan fingerprint density at radius 2 is 2.11 bits per heavy atom. The maximum atomic E-state index is 11.1. The summed E-state index contributed by atoms with van der Waals surface area (Å²) < 4.78 is 22.3. The standard InChI is InChI=1S/C13H20N2O2S/c1-15(7-8-18(2,16)17)10-11-9-14-13-6-4-3-5-12(11)13/h3-6,11,14H,7-10H2,1-2H3. The molecule has 1 atom stereocenters. The largest absolute Gasteiger partial charge is 0.384 e. The molecule has 0 radical (unpaired) electrons. The predicted octanol–water partition coefficient (Wildman–Crippen LogP) is 1.17. The van der Waals surface area contributed by atoms with Gasteiger partial charge in [0, 0.05) is 37.5 Å². The van der Waals surface area contributed by atoms with Crippen molar-refractivity contribution in [1.82, 2.24) is 4.90 Å². The Morgan fingerprint density at radius 1 is 1.39 bits per heavy atom. The van der Waals surface area contributed by atoms with E-state index in [9.17, 15) is 8.42 Å². The molecule has 0 aromatic heterocycles. The third-order valence-electron chi connectivity index (χ3n) is 3.32. The fraction of sp³-hybridized carbons (Fsp3) is 0.538. The SMILES string of the molecule is CN(CCS(C)(=O)=O)CC1CNc2ccccc21. The lowest BCUT2D eigenvalue weighted by Crippen LogP contribution is -2.30. The lowest BCUT2D eigenvalue weighted by atomic mass is 10.0. The number of likely N-dealkylation sites (N-methyl/N-ethyl adjacent to an activating group) is 1. The zero-order chi connectivity index (χ0) is 13.2. The monoisotopic (exact) mass is 268 g/mol. The molecule has 4 nitrogen and oxygen atoms in total. The molecule has 1 aromatic carbocycles. The summed E-state index contributed by atoms with van der Waals surface area (Å²) in [5.74, 6) is 0.677. The van der Waals surface area contributed by atoms with Gasteiger partial charge in [-0.25, -0.2) is 8.42 Å². The van der Waals surface area contributed by atoms with Crippen molar-refractivity contribution in [3.8, 4) is 0 Å². The highest BCUT2D eigenvalue weighted by Gasteiger charge is 2.22. The molecule has 2 rings (SSSR count). The number of sulfone groups is 1. The van der Waals surface area contributed by atoms with Crippen molar-refractivity contribution in [1.29, 1.82) is 0 Å². The molecule has 5 heteroatoms. The van der Waals surface area contributed by atoms with Crippen LogP contribution in [-0.2, 0) is 9.84 Å². The average Bonchev–Trinajstić information content (AvgIpc) is 2.70. The van der Waals surface area contributed by atoms with E-state index >= 15 is 0 Å². The van der Waals surface area contributed by atoms with Crippen molar-refractivity contribution in [2.75, 3.05) is 44.0 Å². The molecule has 1 heterocycles. The van der Waals surface area contributed by atoms with Crippen molar-refractivity contribution < 1.29 is 8.42 Å². The summed E-state index contributed by atoms with van der Waals surface area (Å²) in [4.78, 5) is 2.09. The highest BCUT2D eigenvalue weighted by molar-refractivity contribution is 7.90. The third-order valence-corrected chi connectivity index (χ3v) is 4.24. The Bertz CT molecular complexity index is 513. The van der Waals surface area contributed by atoms with Gasteiger partial charge in [0.15, 0.2) is 0 Å². The number of nitrogens with zero attached hydrogens (tertiary/aromatic N) is 1. The summed E-state index contributed by atoms with van der Waals surface area (Å²) in [5.41, 5.74) is 2.54. The van der Waals surface area contributed by atoms with E-state index in [4.69, 9.17) is 0 Å². The first-order valence-corrected chi connectivity index (χ1v) is 8.21. The first-order valence-electron chi connectivity index (χ1n) is 6.15. The second-order valence-electron chi connectivity index (χ2n) is 5.06. The maximum absolute atomic E-state index is 11.1. The lowest BCUT2D eigenvalue weighted by molar-refractivity contribution is 0.334. The number of fused-ring (bicyclic) bond motifs is 1. The average molecular weight is 268 g/mol. The zero-order valence-electron chi connectivity index (χ0n) is 10.9. The second kappa shape index (κ2) is 5.28. The van der Waals surface area contributed by atoms with Gasteiger partial charge in [-0.05, 0) is 18.7 Å². The van der Waals surface area contributed by atoms with Crippen LogP contribution in [0.3, 0.4) is 0 Å². The van der Waals surface area contributed by atoms with E-state index in [1.807, 2.05) is 13.1 Å². The molecule has 0 aliphatic carbocycles. The van der Waals surface area contributed by atoms with Gasteiger partial charge in [0.1, 0.15) is 9.84 Å². The van der Waals surface area contributed by atoms with Gasteiger partial charge in [-0.3, -0.25) is 0 Å². The van der Waals surface area contributed by atoms with Crippen LogP contribution < -0.4 is 5.32 Å². The summed E-state index contributed by atoms with van der Waals surface area (Å²) in [5, 5.41) is 3.38. The molecule has 0 saturated carbocycles. The fourth-order valence-corrected chi connectivity index (χ4v) is 2.95. The minimum Gasteiger partial charge on any atom is -0.384 e. The third kappa shape index (κ3) is 3.46. The number of hydrogen-bond donors (Lipinski definition) is 1. The molecule has 1 aromatic rings. The van der Waals surface area contributed by atoms with Gasteiger partial charge < -0.3 is 10.2 Å². The Balaban J connectivity index is 1.91. The molecule has 0 amide bonds. The normalized spacial score (nSPS) is 18.7. The van der Waals surface area contributed by atoms with Crippen molar-refractivity contribution >= 4 is 15.5 Å². The smallest absolute Gasteiger partial charge is 0.148 e. The van der Waals surface area contributed by atoms with Gasteiger partial charge in [0.2, 0.25) is 0 Å². The van der Waals surface area contributed by atoms with E-state index in [0.717, 1.165) is 13.1 Å². The number of anilines is 1. The molecule has 0 spiro atoms. The van der Waals surface area contributed by atoms with Gasteiger partial charge in [-0.1, -0.05) is 18.2 Å². The summed E-state index contributed by atoms with van der Waals surface area (Å²) in [6, 6.07) is 8.31. The van der Waals surface area contributed by atoms with Gasteiger partial charge in [-0.2, -0.15) is 0 Å². The first-order chi connectivity index (χ1) is 8.46. The molecular weight excluding hydrogens is 248 g/mol. The van der Waals surface area contributed by atoms with Crippen LogP contribution in [0, 0.1) is 0 Å². The van der Waals surface area contributed by atoms with E-state index in [1.54, 1.807) is 0 Å². The molecule has 1 N–H and O–H groups in total. The van der Waals surface area contributed by atoms with Crippen LogP contribution in [0.2, 0.25) is 0 Å². The molecular formula is C13H20N2O2S. The topological polar surface area (TPSA) is 49.4 Å². The first kappa shape index (κ1) is 13.4. The van der Waals surface area contributed by atoms with Crippen LogP contribution in [0.5, 0.6) is 0 Å². The summed E-state index contributed by atoms with van der Waals surface area (Å²) in [7, 11) is -0.892. The summed E-state index contributed by atoms with van der Waals surface area (Å²) in [6.07, 6.45) is 1.28. The molecule has 0 fully saturated rings.